The van der Waals surface area contributed by atoms with E-state index < -0.39 is 8.07 Å². The third kappa shape index (κ3) is 2.11. The first kappa shape index (κ1) is 9.81. The van der Waals surface area contributed by atoms with Crippen molar-refractivity contribution in [3.63, 3.8) is 0 Å². The summed E-state index contributed by atoms with van der Waals surface area (Å²) in [5.41, 5.74) is 0.632. The summed E-state index contributed by atoms with van der Waals surface area (Å²) in [5, 5.41) is 0. The summed E-state index contributed by atoms with van der Waals surface area (Å²) in [6.45, 7) is 7.45. The molecule has 0 amide bonds. The summed E-state index contributed by atoms with van der Waals surface area (Å²) in [6.07, 6.45) is 6.50. The van der Waals surface area contributed by atoms with Gasteiger partial charge >= 0.3 is 6.92 Å². The zero-order chi connectivity index (χ0) is 9.19. The molecule has 0 radical (unpaired) electrons. The molecule has 0 N–H and O–H groups in total. The van der Waals surface area contributed by atoms with Crippen LogP contribution < -0.4 is 0 Å². The van der Waals surface area contributed by atoms with E-state index in [1.165, 1.54) is 0 Å². The second-order valence-corrected chi connectivity index (χ2v) is 9.76. The number of allylic oxidation sites excluding steroid dienone is 3. The summed E-state index contributed by atoms with van der Waals surface area (Å²) < 4.78 is 5.43. The molecule has 0 aromatic carbocycles. The van der Waals surface area contributed by atoms with E-state index in [4.69, 9.17) is 4.65 Å². The van der Waals surface area contributed by atoms with Crippen molar-refractivity contribution in [3.8, 4) is 0 Å². The van der Waals surface area contributed by atoms with E-state index in [1.807, 2.05) is 0 Å². The Morgan fingerprint density at radius 1 is 1.25 bits per heavy atom. The smallest absolute Gasteiger partial charge is 0.323 e. The fraction of sp³-hybridized carbons (Fsp3) is 0.556. The Balaban J connectivity index is 2.76. The highest BCUT2D eigenvalue weighted by Gasteiger charge is 2.34. The maximum absolute atomic E-state index is 5.43. The quantitative estimate of drug-likeness (QED) is 0.593. The van der Waals surface area contributed by atoms with E-state index in [2.05, 4.69) is 43.8 Å². The SMILES string of the molecule is COB1C=CC=CC1[Si](C)(C)C. The molecule has 1 unspecified atom stereocenters. The van der Waals surface area contributed by atoms with Crippen LogP contribution in [-0.4, -0.2) is 22.1 Å². The van der Waals surface area contributed by atoms with Crippen molar-refractivity contribution in [2.24, 2.45) is 0 Å². The zero-order valence-corrected chi connectivity index (χ0v) is 9.37. The molecule has 12 heavy (non-hydrogen) atoms. The van der Waals surface area contributed by atoms with Gasteiger partial charge in [-0.15, -0.1) is 0 Å². The molecule has 0 aromatic rings. The first-order valence-corrected chi connectivity index (χ1v) is 8.01. The lowest BCUT2D eigenvalue weighted by molar-refractivity contribution is 0.427. The Labute approximate surface area is 76.6 Å². The topological polar surface area (TPSA) is 9.23 Å². The van der Waals surface area contributed by atoms with E-state index in [0.29, 0.717) is 12.4 Å². The van der Waals surface area contributed by atoms with Crippen LogP contribution in [0.1, 0.15) is 0 Å². The van der Waals surface area contributed by atoms with Gasteiger partial charge in [-0.2, -0.15) is 0 Å². The highest BCUT2D eigenvalue weighted by molar-refractivity contribution is 6.90. The molecule has 1 aliphatic heterocycles. The molecule has 1 heterocycles. The van der Waals surface area contributed by atoms with E-state index in [-0.39, 0.29) is 0 Å². The Kier molecular flexibility index (Phi) is 2.96. The fourth-order valence-electron chi connectivity index (χ4n) is 1.59. The molecular formula is C9H17BOSi. The Hall–Kier alpha value is -0.278. The van der Waals surface area contributed by atoms with Crippen LogP contribution in [0.3, 0.4) is 0 Å². The largest absolute Gasteiger partial charge is 0.434 e. The van der Waals surface area contributed by atoms with Gasteiger partial charge in [0, 0.05) is 15.2 Å². The van der Waals surface area contributed by atoms with E-state index in [9.17, 15) is 0 Å². The second-order valence-electron chi connectivity index (χ2n) is 4.36. The normalized spacial score (nSPS) is 23.3. The van der Waals surface area contributed by atoms with Gasteiger partial charge in [0.15, 0.2) is 0 Å². The molecule has 0 bridgehead atoms. The second kappa shape index (κ2) is 3.62. The maximum atomic E-state index is 5.43. The van der Waals surface area contributed by atoms with E-state index in [1.54, 1.807) is 7.11 Å². The van der Waals surface area contributed by atoms with Gasteiger partial charge in [-0.3, -0.25) is 0 Å². The standard InChI is InChI=1S/C9H17BOSi/c1-11-10-8-6-5-7-9(10)12(2,3)4/h5-9H,1-4H3. The molecule has 0 saturated heterocycles. The average Bonchev–Trinajstić information content (AvgIpc) is 2.03. The van der Waals surface area contributed by atoms with Gasteiger partial charge in [0.05, 0.1) is 0 Å². The number of rotatable bonds is 2. The van der Waals surface area contributed by atoms with Crippen LogP contribution in [0.5, 0.6) is 0 Å². The molecule has 1 aliphatic rings. The van der Waals surface area contributed by atoms with E-state index >= 15 is 0 Å². The monoisotopic (exact) mass is 180 g/mol. The third-order valence-electron chi connectivity index (χ3n) is 2.36. The Morgan fingerprint density at radius 3 is 2.33 bits per heavy atom. The molecule has 3 heteroatoms. The predicted molar refractivity (Wildman–Crippen MR) is 58.1 cm³/mol. The Morgan fingerprint density at radius 2 is 1.92 bits per heavy atom. The van der Waals surface area contributed by atoms with Gasteiger partial charge in [0.1, 0.15) is 0 Å². The van der Waals surface area contributed by atoms with Crippen molar-refractivity contribution in [1.82, 2.24) is 0 Å². The highest BCUT2D eigenvalue weighted by Crippen LogP contribution is 2.29. The van der Waals surface area contributed by atoms with Crippen LogP contribution in [0.2, 0.25) is 25.1 Å². The molecule has 0 fully saturated rings. The summed E-state index contributed by atoms with van der Waals surface area (Å²) in [4.78, 5) is 0. The van der Waals surface area contributed by atoms with Crippen molar-refractivity contribution < 1.29 is 4.65 Å². The first-order chi connectivity index (χ1) is 5.55. The van der Waals surface area contributed by atoms with Gasteiger partial charge < -0.3 is 4.65 Å². The van der Waals surface area contributed by atoms with Crippen molar-refractivity contribution in [2.45, 2.75) is 25.1 Å². The average molecular weight is 180 g/mol. The molecular weight excluding hydrogens is 163 g/mol. The van der Waals surface area contributed by atoms with E-state index in [0.717, 1.165) is 0 Å². The molecule has 1 atom stereocenters. The fourth-order valence-corrected chi connectivity index (χ4v) is 3.51. The van der Waals surface area contributed by atoms with Crippen molar-refractivity contribution in [2.75, 3.05) is 7.11 Å². The predicted octanol–water partition coefficient (Wildman–Crippen LogP) is 2.54. The van der Waals surface area contributed by atoms with Gasteiger partial charge in [0.2, 0.25) is 0 Å². The lowest BCUT2D eigenvalue weighted by Gasteiger charge is -2.30. The Bertz CT molecular complexity index is 205. The minimum atomic E-state index is -1.10. The van der Waals surface area contributed by atoms with Gasteiger partial charge in [0.25, 0.3) is 0 Å². The molecule has 0 aliphatic carbocycles. The minimum absolute atomic E-state index is 0.307. The maximum Gasteiger partial charge on any atom is 0.323 e. The van der Waals surface area contributed by atoms with Crippen molar-refractivity contribution in [3.05, 3.63) is 24.2 Å². The summed E-state index contributed by atoms with van der Waals surface area (Å²) in [7, 11) is 0.689. The highest BCUT2D eigenvalue weighted by atomic mass is 28.3. The number of hydrogen-bond acceptors (Lipinski definition) is 1. The molecule has 0 spiro atoms. The molecule has 0 aromatic heterocycles. The lowest BCUT2D eigenvalue weighted by Crippen LogP contribution is -2.39. The zero-order valence-electron chi connectivity index (χ0n) is 8.37. The van der Waals surface area contributed by atoms with Crippen LogP contribution in [0.15, 0.2) is 24.2 Å². The number of hydrogen-bond donors (Lipinski definition) is 0. The summed E-state index contributed by atoms with van der Waals surface area (Å²) in [6, 6.07) is 0. The van der Waals surface area contributed by atoms with Gasteiger partial charge in [-0.25, -0.2) is 0 Å². The first-order valence-electron chi connectivity index (χ1n) is 4.43. The summed E-state index contributed by atoms with van der Waals surface area (Å²) in [5.74, 6) is 2.16. The molecule has 1 nitrogen and oxygen atoms in total. The third-order valence-corrected chi connectivity index (χ3v) is 4.88. The molecule has 1 rings (SSSR count). The lowest BCUT2D eigenvalue weighted by atomic mass is 9.62. The van der Waals surface area contributed by atoms with Gasteiger partial charge in [-0.05, 0) is 5.44 Å². The van der Waals surface area contributed by atoms with Crippen LogP contribution in [0.4, 0.5) is 0 Å². The van der Waals surface area contributed by atoms with Gasteiger partial charge in [-0.1, -0.05) is 43.8 Å². The van der Waals surface area contributed by atoms with Crippen molar-refractivity contribution in [1.29, 1.82) is 0 Å². The van der Waals surface area contributed by atoms with Crippen LogP contribution in [-0.2, 0) is 4.65 Å². The van der Waals surface area contributed by atoms with Crippen LogP contribution in [0, 0.1) is 0 Å². The molecule has 66 valence electrons. The van der Waals surface area contributed by atoms with Crippen LogP contribution in [0.25, 0.3) is 0 Å². The van der Waals surface area contributed by atoms with Crippen molar-refractivity contribution >= 4 is 15.0 Å². The minimum Gasteiger partial charge on any atom is -0.434 e. The molecule has 0 saturated carbocycles. The summed E-state index contributed by atoms with van der Waals surface area (Å²) >= 11 is 0. The van der Waals surface area contributed by atoms with Crippen LogP contribution >= 0.6 is 0 Å².